The highest BCUT2D eigenvalue weighted by molar-refractivity contribution is 9.10. The topological polar surface area (TPSA) is 12.9 Å². The van der Waals surface area contributed by atoms with Crippen LogP contribution in [0.5, 0.6) is 0 Å². The Labute approximate surface area is 105 Å². The van der Waals surface area contributed by atoms with Crippen LogP contribution >= 0.6 is 15.9 Å². The smallest absolute Gasteiger partial charge is 0.0719 e. The zero-order chi connectivity index (χ0) is 11.9. The molecule has 0 saturated carbocycles. The molecule has 0 atom stereocenters. The number of aromatic nitrogens is 1. The maximum Gasteiger partial charge on any atom is 0.0719 e. The molecule has 0 spiro atoms. The number of halogens is 1. The van der Waals surface area contributed by atoms with Gasteiger partial charge in [-0.3, -0.25) is 4.98 Å². The Balaban J connectivity index is 2.83. The highest BCUT2D eigenvalue weighted by Crippen LogP contribution is 2.28. The van der Waals surface area contributed by atoms with Crippen LogP contribution in [-0.4, -0.2) is 4.98 Å². The predicted octanol–water partition coefficient (Wildman–Crippen LogP) is 4.74. The molecule has 2 aromatic rings. The first-order valence-corrected chi connectivity index (χ1v) is 6.36. The zero-order valence-corrected chi connectivity index (χ0v) is 11.7. The van der Waals surface area contributed by atoms with Gasteiger partial charge in [0.05, 0.1) is 5.52 Å². The maximum absolute atomic E-state index is 4.77. The fourth-order valence-corrected chi connectivity index (χ4v) is 2.43. The number of aryl methyl sites for hydroxylation is 1. The molecule has 0 amide bonds. The third-order valence-electron chi connectivity index (χ3n) is 3.10. The van der Waals surface area contributed by atoms with E-state index >= 15 is 0 Å². The first kappa shape index (κ1) is 11.6. The zero-order valence-electron chi connectivity index (χ0n) is 10.1. The molecule has 0 bridgehead atoms. The summed E-state index contributed by atoms with van der Waals surface area (Å²) in [6.45, 7) is 8.73. The van der Waals surface area contributed by atoms with E-state index < -0.39 is 0 Å². The molecule has 0 radical (unpaired) electrons. The average Bonchev–Trinajstić information content (AvgIpc) is 2.22. The van der Waals surface area contributed by atoms with Crippen LogP contribution in [0.4, 0.5) is 0 Å². The van der Waals surface area contributed by atoms with Crippen molar-refractivity contribution < 1.29 is 0 Å². The number of pyridine rings is 1. The molecule has 1 nitrogen and oxygen atoms in total. The van der Waals surface area contributed by atoms with Crippen molar-refractivity contribution in [3.8, 4) is 0 Å². The molecule has 0 N–H and O–H groups in total. The van der Waals surface area contributed by atoms with Crippen molar-refractivity contribution in [2.75, 3.05) is 0 Å². The summed E-state index contributed by atoms with van der Waals surface area (Å²) in [5.41, 5.74) is 4.97. The summed E-state index contributed by atoms with van der Waals surface area (Å²) in [7, 11) is 0. The minimum absolute atomic E-state index is 0.474. The molecule has 0 fully saturated rings. The van der Waals surface area contributed by atoms with Crippen LogP contribution in [0.3, 0.4) is 0 Å². The molecule has 1 aromatic heterocycles. The van der Waals surface area contributed by atoms with Crippen molar-refractivity contribution in [2.24, 2.45) is 0 Å². The Hall–Kier alpha value is -0.890. The summed E-state index contributed by atoms with van der Waals surface area (Å²) in [5, 5.41) is 1.25. The summed E-state index contributed by atoms with van der Waals surface area (Å²) in [4.78, 5) is 4.77. The van der Waals surface area contributed by atoms with E-state index in [2.05, 4.69) is 61.8 Å². The van der Waals surface area contributed by atoms with Gasteiger partial charge in [0.25, 0.3) is 0 Å². The standard InChI is InChI=1S/C14H16BrN/c1-8(2)14-10(4)9(3)12-6-5-11(15)7-13(12)16-14/h5-8H,1-4H3. The van der Waals surface area contributed by atoms with Crippen LogP contribution in [0, 0.1) is 13.8 Å². The van der Waals surface area contributed by atoms with Gasteiger partial charge in [-0.05, 0) is 43.0 Å². The minimum atomic E-state index is 0.474. The summed E-state index contributed by atoms with van der Waals surface area (Å²) in [5.74, 6) is 0.474. The van der Waals surface area contributed by atoms with E-state index in [1.165, 1.54) is 22.2 Å². The van der Waals surface area contributed by atoms with E-state index in [0.29, 0.717) is 5.92 Å². The second-order valence-electron chi connectivity index (χ2n) is 4.56. The summed E-state index contributed by atoms with van der Waals surface area (Å²) >= 11 is 3.50. The van der Waals surface area contributed by atoms with Gasteiger partial charge < -0.3 is 0 Å². The molecule has 0 unspecified atom stereocenters. The quantitative estimate of drug-likeness (QED) is 0.734. The number of hydrogen-bond acceptors (Lipinski definition) is 1. The number of fused-ring (bicyclic) bond motifs is 1. The van der Waals surface area contributed by atoms with Crippen LogP contribution in [-0.2, 0) is 0 Å². The van der Waals surface area contributed by atoms with Gasteiger partial charge in [0.15, 0.2) is 0 Å². The Kier molecular flexibility index (Phi) is 3.02. The van der Waals surface area contributed by atoms with E-state index in [-0.39, 0.29) is 0 Å². The predicted molar refractivity (Wildman–Crippen MR) is 73.0 cm³/mol. The van der Waals surface area contributed by atoms with Gasteiger partial charge >= 0.3 is 0 Å². The molecular formula is C14H16BrN. The van der Waals surface area contributed by atoms with Crippen LogP contribution in [0.25, 0.3) is 10.9 Å². The second kappa shape index (κ2) is 4.17. The van der Waals surface area contributed by atoms with Gasteiger partial charge in [-0.25, -0.2) is 0 Å². The molecule has 1 aromatic carbocycles. The van der Waals surface area contributed by atoms with Gasteiger partial charge in [-0.15, -0.1) is 0 Å². The lowest BCUT2D eigenvalue weighted by Crippen LogP contribution is -2.00. The van der Waals surface area contributed by atoms with E-state index in [0.717, 1.165) is 9.99 Å². The van der Waals surface area contributed by atoms with Crippen molar-refractivity contribution in [3.05, 3.63) is 39.5 Å². The molecule has 16 heavy (non-hydrogen) atoms. The van der Waals surface area contributed by atoms with Crippen LogP contribution < -0.4 is 0 Å². The minimum Gasteiger partial charge on any atom is -0.252 e. The summed E-state index contributed by atoms with van der Waals surface area (Å²) in [6.07, 6.45) is 0. The van der Waals surface area contributed by atoms with E-state index in [4.69, 9.17) is 4.98 Å². The Morgan fingerprint density at radius 1 is 1.12 bits per heavy atom. The molecular weight excluding hydrogens is 262 g/mol. The Morgan fingerprint density at radius 3 is 2.44 bits per heavy atom. The van der Waals surface area contributed by atoms with E-state index in [9.17, 15) is 0 Å². The number of nitrogens with zero attached hydrogens (tertiary/aromatic N) is 1. The average molecular weight is 278 g/mol. The Bertz CT molecular complexity index is 544. The molecule has 1 heterocycles. The first-order chi connectivity index (χ1) is 7.50. The largest absolute Gasteiger partial charge is 0.252 e. The molecule has 0 aliphatic rings. The van der Waals surface area contributed by atoms with Gasteiger partial charge in [0.1, 0.15) is 0 Å². The van der Waals surface area contributed by atoms with E-state index in [1.807, 2.05) is 0 Å². The van der Waals surface area contributed by atoms with Crippen molar-refractivity contribution >= 4 is 26.8 Å². The SMILES string of the molecule is Cc1c(C(C)C)nc2cc(Br)ccc2c1C. The molecule has 0 saturated heterocycles. The number of hydrogen-bond donors (Lipinski definition) is 0. The summed E-state index contributed by atoms with van der Waals surface area (Å²) in [6, 6.07) is 6.30. The third kappa shape index (κ3) is 1.86. The van der Waals surface area contributed by atoms with Gasteiger partial charge in [0, 0.05) is 15.6 Å². The Morgan fingerprint density at radius 2 is 1.81 bits per heavy atom. The lowest BCUT2D eigenvalue weighted by Gasteiger charge is -2.14. The van der Waals surface area contributed by atoms with Crippen molar-refractivity contribution in [2.45, 2.75) is 33.6 Å². The fraction of sp³-hybridized carbons (Fsp3) is 0.357. The van der Waals surface area contributed by atoms with Gasteiger partial charge in [-0.1, -0.05) is 35.8 Å². The lowest BCUT2D eigenvalue weighted by atomic mass is 9.97. The highest BCUT2D eigenvalue weighted by atomic mass is 79.9. The van der Waals surface area contributed by atoms with Gasteiger partial charge in [-0.2, -0.15) is 0 Å². The third-order valence-corrected chi connectivity index (χ3v) is 3.59. The highest BCUT2D eigenvalue weighted by Gasteiger charge is 2.11. The van der Waals surface area contributed by atoms with Crippen molar-refractivity contribution in [1.29, 1.82) is 0 Å². The van der Waals surface area contributed by atoms with Crippen LogP contribution in [0.2, 0.25) is 0 Å². The lowest BCUT2D eigenvalue weighted by molar-refractivity contribution is 0.816. The number of benzene rings is 1. The normalized spacial score (nSPS) is 11.4. The molecule has 2 heteroatoms. The monoisotopic (exact) mass is 277 g/mol. The van der Waals surface area contributed by atoms with Crippen molar-refractivity contribution in [1.82, 2.24) is 4.98 Å². The molecule has 2 rings (SSSR count). The molecule has 84 valence electrons. The fourth-order valence-electron chi connectivity index (χ4n) is 2.08. The second-order valence-corrected chi connectivity index (χ2v) is 5.48. The summed E-state index contributed by atoms with van der Waals surface area (Å²) < 4.78 is 1.09. The van der Waals surface area contributed by atoms with Crippen LogP contribution in [0.1, 0.15) is 36.6 Å². The van der Waals surface area contributed by atoms with E-state index in [1.54, 1.807) is 0 Å². The first-order valence-electron chi connectivity index (χ1n) is 5.57. The maximum atomic E-state index is 4.77. The molecule has 0 aliphatic carbocycles. The van der Waals surface area contributed by atoms with Gasteiger partial charge in [0.2, 0.25) is 0 Å². The van der Waals surface area contributed by atoms with Crippen LogP contribution in [0.15, 0.2) is 22.7 Å². The molecule has 0 aliphatic heterocycles. The van der Waals surface area contributed by atoms with Crippen molar-refractivity contribution in [3.63, 3.8) is 0 Å². The number of rotatable bonds is 1.